The van der Waals surface area contributed by atoms with Crippen LogP contribution in [0.2, 0.25) is 0 Å². The van der Waals surface area contributed by atoms with E-state index in [-0.39, 0.29) is 18.6 Å². The highest BCUT2D eigenvalue weighted by atomic mass is 19.2. The van der Waals surface area contributed by atoms with Crippen molar-refractivity contribution >= 4 is 5.78 Å². The lowest BCUT2D eigenvalue weighted by Crippen LogP contribution is -2.08. The van der Waals surface area contributed by atoms with E-state index < -0.39 is 11.6 Å². The summed E-state index contributed by atoms with van der Waals surface area (Å²) in [5.41, 5.74) is 1.14. The van der Waals surface area contributed by atoms with Gasteiger partial charge in [0, 0.05) is 24.7 Å². The van der Waals surface area contributed by atoms with Crippen molar-refractivity contribution in [2.45, 2.75) is 12.8 Å². The number of halogens is 2. The Morgan fingerprint density at radius 2 is 1.89 bits per heavy atom. The van der Waals surface area contributed by atoms with Crippen LogP contribution < -0.4 is 0 Å². The van der Waals surface area contributed by atoms with Crippen LogP contribution >= 0.6 is 0 Å². The molecule has 0 spiro atoms. The summed E-state index contributed by atoms with van der Waals surface area (Å²) in [7, 11) is 0. The van der Waals surface area contributed by atoms with Gasteiger partial charge in [0.05, 0.1) is 0 Å². The van der Waals surface area contributed by atoms with Crippen molar-refractivity contribution in [2.75, 3.05) is 0 Å². The number of nitrogens with zero attached hydrogens (tertiary/aromatic N) is 1. The second kappa shape index (κ2) is 5.49. The number of ketones is 1. The second-order valence-electron chi connectivity index (χ2n) is 3.96. The third kappa shape index (κ3) is 3.20. The van der Waals surface area contributed by atoms with Crippen molar-refractivity contribution in [2.24, 2.45) is 0 Å². The molecule has 0 saturated heterocycles. The van der Waals surface area contributed by atoms with Gasteiger partial charge in [0.1, 0.15) is 5.78 Å². The minimum absolute atomic E-state index is 0.0772. The minimum Gasteiger partial charge on any atom is -0.299 e. The summed E-state index contributed by atoms with van der Waals surface area (Å²) in [6.07, 6.45) is 1.88. The number of aromatic nitrogens is 1. The normalized spacial score (nSPS) is 10.3. The van der Waals surface area contributed by atoms with Crippen LogP contribution in [0, 0.1) is 11.6 Å². The molecular weight excluding hydrogens is 236 g/mol. The molecule has 0 aliphatic rings. The van der Waals surface area contributed by atoms with Gasteiger partial charge in [-0.3, -0.25) is 9.78 Å². The van der Waals surface area contributed by atoms with E-state index >= 15 is 0 Å². The van der Waals surface area contributed by atoms with Gasteiger partial charge in [-0.15, -0.1) is 0 Å². The topological polar surface area (TPSA) is 30.0 Å². The predicted octanol–water partition coefficient (Wildman–Crippen LogP) is 2.71. The van der Waals surface area contributed by atoms with E-state index in [0.717, 1.165) is 12.1 Å². The predicted molar refractivity (Wildman–Crippen MR) is 63.0 cm³/mol. The number of rotatable bonds is 4. The van der Waals surface area contributed by atoms with Crippen LogP contribution in [0.1, 0.15) is 11.3 Å². The first-order valence-corrected chi connectivity index (χ1v) is 5.50. The highest BCUT2D eigenvalue weighted by molar-refractivity contribution is 5.82. The highest BCUT2D eigenvalue weighted by Gasteiger charge is 2.08. The van der Waals surface area contributed by atoms with Crippen molar-refractivity contribution in [3.05, 3.63) is 65.5 Å². The summed E-state index contributed by atoms with van der Waals surface area (Å²) in [6.45, 7) is 0. The largest absolute Gasteiger partial charge is 0.299 e. The Morgan fingerprint density at radius 1 is 1.06 bits per heavy atom. The number of pyridine rings is 1. The Hall–Kier alpha value is -2.10. The molecule has 18 heavy (non-hydrogen) atoms. The van der Waals surface area contributed by atoms with Gasteiger partial charge in [0.15, 0.2) is 11.6 Å². The van der Waals surface area contributed by atoms with E-state index in [9.17, 15) is 13.6 Å². The molecule has 0 amide bonds. The molecule has 1 aromatic carbocycles. The smallest absolute Gasteiger partial charge is 0.159 e. The summed E-state index contributed by atoms with van der Waals surface area (Å²) in [5, 5.41) is 0. The van der Waals surface area contributed by atoms with Gasteiger partial charge >= 0.3 is 0 Å². The Morgan fingerprint density at radius 3 is 2.56 bits per heavy atom. The molecule has 0 aliphatic heterocycles. The SMILES string of the molecule is O=C(Cc1ccc(F)c(F)c1)Cc1ccccn1. The molecule has 2 nitrogen and oxygen atoms in total. The Kier molecular flexibility index (Phi) is 3.77. The van der Waals surface area contributed by atoms with E-state index in [4.69, 9.17) is 0 Å². The molecule has 0 bridgehead atoms. The Labute approximate surface area is 103 Å². The third-order valence-electron chi connectivity index (χ3n) is 2.49. The van der Waals surface area contributed by atoms with Crippen LogP contribution in [0.3, 0.4) is 0 Å². The number of Topliss-reactive ketones (excluding diaryl/α,β-unsaturated/α-hetero) is 1. The molecular formula is C14H11F2NO. The van der Waals surface area contributed by atoms with Crippen LogP contribution in [-0.4, -0.2) is 10.8 Å². The monoisotopic (exact) mass is 247 g/mol. The molecule has 92 valence electrons. The van der Waals surface area contributed by atoms with Gasteiger partial charge in [-0.1, -0.05) is 12.1 Å². The Balaban J connectivity index is 2.01. The zero-order valence-electron chi connectivity index (χ0n) is 9.57. The standard InChI is InChI=1S/C14H11F2NO/c15-13-5-4-10(8-14(13)16)7-12(18)9-11-3-1-2-6-17-11/h1-6,8H,7,9H2. The second-order valence-corrected chi connectivity index (χ2v) is 3.96. The molecule has 0 aliphatic carbocycles. The van der Waals surface area contributed by atoms with Crippen LogP contribution in [0.4, 0.5) is 8.78 Å². The summed E-state index contributed by atoms with van der Waals surface area (Å²) < 4.78 is 25.7. The van der Waals surface area contributed by atoms with E-state index in [1.807, 2.05) is 0 Å². The van der Waals surface area contributed by atoms with E-state index in [2.05, 4.69) is 4.98 Å². The fraction of sp³-hybridized carbons (Fsp3) is 0.143. The molecule has 0 atom stereocenters. The first-order valence-electron chi connectivity index (χ1n) is 5.50. The average Bonchev–Trinajstić information content (AvgIpc) is 2.35. The quantitative estimate of drug-likeness (QED) is 0.831. The van der Waals surface area contributed by atoms with Gasteiger partial charge < -0.3 is 0 Å². The molecule has 1 aromatic heterocycles. The van der Waals surface area contributed by atoms with Crippen molar-refractivity contribution in [3.8, 4) is 0 Å². The van der Waals surface area contributed by atoms with Gasteiger partial charge in [0.2, 0.25) is 0 Å². The average molecular weight is 247 g/mol. The maximum atomic E-state index is 13.0. The molecule has 0 saturated carbocycles. The maximum Gasteiger partial charge on any atom is 0.159 e. The van der Waals surface area contributed by atoms with Crippen LogP contribution in [0.15, 0.2) is 42.6 Å². The number of carbonyl (C=O) groups excluding carboxylic acids is 1. The van der Waals surface area contributed by atoms with Crippen LogP contribution in [0.25, 0.3) is 0 Å². The molecule has 1 heterocycles. The van der Waals surface area contributed by atoms with Gasteiger partial charge in [-0.25, -0.2) is 8.78 Å². The first-order chi connectivity index (χ1) is 8.65. The third-order valence-corrected chi connectivity index (χ3v) is 2.49. The fourth-order valence-corrected chi connectivity index (χ4v) is 1.64. The molecule has 2 rings (SSSR count). The zero-order valence-corrected chi connectivity index (χ0v) is 9.57. The van der Waals surface area contributed by atoms with E-state index in [1.54, 1.807) is 24.4 Å². The lowest BCUT2D eigenvalue weighted by Gasteiger charge is -2.02. The van der Waals surface area contributed by atoms with Gasteiger partial charge in [-0.2, -0.15) is 0 Å². The van der Waals surface area contributed by atoms with E-state index in [1.165, 1.54) is 6.07 Å². The maximum absolute atomic E-state index is 13.0. The Bertz CT molecular complexity index is 555. The van der Waals surface area contributed by atoms with Crippen molar-refractivity contribution in [1.82, 2.24) is 4.98 Å². The molecule has 0 radical (unpaired) electrons. The number of benzene rings is 1. The lowest BCUT2D eigenvalue weighted by atomic mass is 10.1. The molecule has 2 aromatic rings. The minimum atomic E-state index is -0.932. The molecule has 4 heteroatoms. The number of hydrogen-bond donors (Lipinski definition) is 0. The number of carbonyl (C=O) groups is 1. The molecule has 0 unspecified atom stereocenters. The first kappa shape index (κ1) is 12.4. The van der Waals surface area contributed by atoms with Crippen molar-refractivity contribution in [1.29, 1.82) is 0 Å². The van der Waals surface area contributed by atoms with Gasteiger partial charge in [0.25, 0.3) is 0 Å². The summed E-state index contributed by atoms with van der Waals surface area (Å²) in [5.74, 6) is -1.92. The summed E-state index contributed by atoms with van der Waals surface area (Å²) in [4.78, 5) is 15.8. The van der Waals surface area contributed by atoms with Gasteiger partial charge in [-0.05, 0) is 29.8 Å². The fourth-order valence-electron chi connectivity index (χ4n) is 1.64. The molecule has 0 N–H and O–H groups in total. The lowest BCUT2D eigenvalue weighted by molar-refractivity contribution is -0.117. The molecule has 0 fully saturated rings. The highest BCUT2D eigenvalue weighted by Crippen LogP contribution is 2.10. The number of hydrogen-bond acceptors (Lipinski definition) is 2. The summed E-state index contributed by atoms with van der Waals surface area (Å²) in [6, 6.07) is 8.80. The van der Waals surface area contributed by atoms with E-state index in [0.29, 0.717) is 11.3 Å². The van der Waals surface area contributed by atoms with Crippen molar-refractivity contribution in [3.63, 3.8) is 0 Å². The van der Waals surface area contributed by atoms with Crippen LogP contribution in [-0.2, 0) is 17.6 Å². The zero-order chi connectivity index (χ0) is 13.0. The summed E-state index contributed by atoms with van der Waals surface area (Å²) >= 11 is 0. The van der Waals surface area contributed by atoms with Crippen molar-refractivity contribution < 1.29 is 13.6 Å². The van der Waals surface area contributed by atoms with Crippen LogP contribution in [0.5, 0.6) is 0 Å².